The van der Waals surface area contributed by atoms with Crippen LogP contribution in [0.25, 0.3) is 0 Å². The van der Waals surface area contributed by atoms with E-state index in [0.29, 0.717) is 30.1 Å². The lowest BCUT2D eigenvalue weighted by molar-refractivity contribution is -0.159. The van der Waals surface area contributed by atoms with E-state index in [1.807, 2.05) is 13.0 Å². The third-order valence-electron chi connectivity index (χ3n) is 8.51. The molecule has 3 nitrogen and oxygen atoms in total. The van der Waals surface area contributed by atoms with Gasteiger partial charge in [0.05, 0.1) is 0 Å². The lowest BCUT2D eigenvalue weighted by Gasteiger charge is -2.59. The fourth-order valence-corrected chi connectivity index (χ4v) is 6.91. The van der Waals surface area contributed by atoms with Gasteiger partial charge in [0, 0.05) is 17.3 Å². The van der Waals surface area contributed by atoms with Crippen LogP contribution in [0, 0.1) is 34.5 Å². The van der Waals surface area contributed by atoms with E-state index in [9.17, 15) is 9.59 Å². The average Bonchev–Trinajstić information content (AvgIpc) is 2.97. The molecule has 27 heavy (non-hydrogen) atoms. The molecule has 4 rings (SSSR count). The van der Waals surface area contributed by atoms with E-state index in [0.717, 1.165) is 36.8 Å². The molecule has 3 heteroatoms. The van der Waals surface area contributed by atoms with Crippen LogP contribution in [0.1, 0.15) is 59.8 Å². The van der Waals surface area contributed by atoms with Gasteiger partial charge in [-0.1, -0.05) is 40.3 Å². The Bertz CT molecular complexity index is 760. The zero-order valence-electron chi connectivity index (χ0n) is 17.1. The smallest absolute Gasteiger partial charge is 0.305 e. The summed E-state index contributed by atoms with van der Waals surface area (Å²) in [5.41, 5.74) is 2.25. The maximum atomic E-state index is 12.0. The number of ketones is 1. The van der Waals surface area contributed by atoms with E-state index >= 15 is 0 Å². The summed E-state index contributed by atoms with van der Waals surface area (Å²) in [5.74, 6) is 1.97. The molecule has 0 amide bonds. The van der Waals surface area contributed by atoms with Crippen LogP contribution in [0.5, 0.6) is 0 Å². The average molecular weight is 369 g/mol. The predicted molar refractivity (Wildman–Crippen MR) is 106 cm³/mol. The molecule has 3 fully saturated rings. The van der Waals surface area contributed by atoms with E-state index in [4.69, 9.17) is 4.74 Å². The lowest BCUT2D eigenvalue weighted by Crippen LogP contribution is -2.54. The van der Waals surface area contributed by atoms with E-state index < -0.39 is 0 Å². The van der Waals surface area contributed by atoms with Gasteiger partial charge in [0.1, 0.15) is 6.10 Å². The number of esters is 1. The molecule has 0 bridgehead atoms. The van der Waals surface area contributed by atoms with E-state index in [2.05, 4.69) is 33.4 Å². The molecule has 0 N–H and O–H groups in total. The van der Waals surface area contributed by atoms with Crippen molar-refractivity contribution in [1.82, 2.24) is 0 Å². The maximum Gasteiger partial charge on any atom is 0.305 e. The Kier molecular flexibility index (Phi) is 4.29. The molecular weight excluding hydrogens is 336 g/mol. The minimum absolute atomic E-state index is 0.0459. The number of fused-ring (bicyclic) bond motifs is 5. The number of hydrogen-bond donors (Lipinski definition) is 0. The van der Waals surface area contributed by atoms with Gasteiger partial charge in [-0.25, -0.2) is 0 Å². The van der Waals surface area contributed by atoms with Gasteiger partial charge in [-0.2, -0.15) is 0 Å². The van der Waals surface area contributed by atoms with Crippen molar-refractivity contribution in [2.75, 3.05) is 0 Å². The first-order valence-corrected chi connectivity index (χ1v) is 10.6. The summed E-state index contributed by atoms with van der Waals surface area (Å²) >= 11 is 0. The van der Waals surface area contributed by atoms with Gasteiger partial charge in [-0.15, -0.1) is 0 Å². The molecule has 4 aliphatic carbocycles. The highest BCUT2D eigenvalue weighted by Crippen LogP contribution is 2.67. The highest BCUT2D eigenvalue weighted by Gasteiger charge is 2.61. The molecular formula is C24H32O3. The Balaban J connectivity index is 1.70. The van der Waals surface area contributed by atoms with Crippen LogP contribution in [-0.4, -0.2) is 17.9 Å². The first-order chi connectivity index (χ1) is 12.7. The first-order valence-electron chi connectivity index (χ1n) is 10.6. The predicted octanol–water partition coefficient (Wildman–Crippen LogP) is 5.03. The number of ether oxygens (including phenoxy) is 1. The third kappa shape index (κ3) is 2.53. The molecule has 146 valence electrons. The van der Waals surface area contributed by atoms with E-state index in [1.54, 1.807) is 6.08 Å². The molecule has 0 spiro atoms. The number of allylic oxidation sites excluding steroid dienone is 5. The molecule has 0 heterocycles. The lowest BCUT2D eigenvalue weighted by atomic mass is 9.45. The molecule has 7 atom stereocenters. The van der Waals surface area contributed by atoms with Gasteiger partial charge in [-0.3, -0.25) is 9.59 Å². The second-order valence-electron chi connectivity index (χ2n) is 9.63. The first kappa shape index (κ1) is 18.7. The van der Waals surface area contributed by atoms with Crippen LogP contribution in [-0.2, 0) is 14.3 Å². The Morgan fingerprint density at radius 2 is 2.00 bits per heavy atom. The Morgan fingerprint density at radius 3 is 2.70 bits per heavy atom. The van der Waals surface area contributed by atoms with Gasteiger partial charge in [0.15, 0.2) is 5.78 Å². The molecule has 0 saturated heterocycles. The summed E-state index contributed by atoms with van der Waals surface area (Å²) in [4.78, 5) is 24.0. The number of carbonyl (C=O) groups excluding carboxylic acids is 2. The van der Waals surface area contributed by atoms with Crippen molar-refractivity contribution in [1.29, 1.82) is 0 Å². The monoisotopic (exact) mass is 368 g/mol. The highest BCUT2D eigenvalue weighted by molar-refractivity contribution is 6.02. The number of hydrogen-bond acceptors (Lipinski definition) is 3. The maximum absolute atomic E-state index is 12.0. The summed E-state index contributed by atoms with van der Waals surface area (Å²) in [5, 5.41) is 0. The van der Waals surface area contributed by atoms with E-state index in [1.165, 1.54) is 0 Å². The van der Waals surface area contributed by atoms with Crippen molar-refractivity contribution in [3.8, 4) is 0 Å². The van der Waals surface area contributed by atoms with Crippen LogP contribution >= 0.6 is 0 Å². The van der Waals surface area contributed by atoms with Crippen molar-refractivity contribution in [2.24, 2.45) is 34.5 Å². The van der Waals surface area contributed by atoms with Gasteiger partial charge >= 0.3 is 5.97 Å². The number of rotatable bonds is 2. The molecule has 3 saturated carbocycles. The SMILES string of the molecule is C=C1C2=CC(=O)C=C[C@]2(C)[C@H]2CC[C@]3(C)[C@@H](OC(=O)CC)CC[C@H]3[C@@H]2C1C. The highest BCUT2D eigenvalue weighted by atomic mass is 16.5. The van der Waals surface area contributed by atoms with Crippen LogP contribution in [0.3, 0.4) is 0 Å². The topological polar surface area (TPSA) is 43.4 Å². The quantitative estimate of drug-likeness (QED) is 0.642. The molecule has 0 aliphatic heterocycles. The largest absolute Gasteiger partial charge is 0.462 e. The summed E-state index contributed by atoms with van der Waals surface area (Å²) < 4.78 is 5.89. The van der Waals surface area contributed by atoms with Crippen molar-refractivity contribution in [3.63, 3.8) is 0 Å². The number of carbonyl (C=O) groups is 2. The molecule has 4 aliphatic rings. The summed E-state index contributed by atoms with van der Waals surface area (Å²) in [6.45, 7) is 13.2. The molecule has 1 unspecified atom stereocenters. The minimum Gasteiger partial charge on any atom is -0.462 e. The summed E-state index contributed by atoms with van der Waals surface area (Å²) in [6, 6.07) is 0. The van der Waals surface area contributed by atoms with Crippen molar-refractivity contribution >= 4 is 11.8 Å². The fourth-order valence-electron chi connectivity index (χ4n) is 6.91. The van der Waals surface area contributed by atoms with Gasteiger partial charge in [0.2, 0.25) is 0 Å². The van der Waals surface area contributed by atoms with Crippen molar-refractivity contribution in [3.05, 3.63) is 36.0 Å². The Hall–Kier alpha value is -1.64. The molecule has 0 aromatic heterocycles. The van der Waals surface area contributed by atoms with Crippen LogP contribution < -0.4 is 0 Å². The van der Waals surface area contributed by atoms with Gasteiger partial charge < -0.3 is 4.74 Å². The van der Waals surface area contributed by atoms with Gasteiger partial charge in [-0.05, 0) is 72.7 Å². The summed E-state index contributed by atoms with van der Waals surface area (Å²) in [6.07, 6.45) is 10.5. The van der Waals surface area contributed by atoms with Crippen LogP contribution in [0.2, 0.25) is 0 Å². The standard InChI is InChI=1S/C24H32O3/c1-6-21(26)27-20-8-7-17-22-15(3)14(2)19-13-16(25)9-11-23(19,4)18(22)10-12-24(17,20)5/h9,11,13,15,17-18,20,22H,2,6-8,10,12H2,1,3-5H3/t15?,17-,18-,20-,22-,23+,24-/m0/s1. The molecule has 0 aromatic carbocycles. The van der Waals surface area contributed by atoms with Crippen molar-refractivity contribution in [2.45, 2.75) is 65.9 Å². The molecule has 0 aromatic rings. The minimum atomic E-state index is -0.0956. The second-order valence-corrected chi connectivity index (χ2v) is 9.63. The van der Waals surface area contributed by atoms with Crippen molar-refractivity contribution < 1.29 is 14.3 Å². The Morgan fingerprint density at radius 1 is 1.26 bits per heavy atom. The fraction of sp³-hybridized carbons (Fsp3) is 0.667. The normalized spacial score (nSPS) is 45.6. The zero-order chi connectivity index (χ0) is 19.6. The third-order valence-corrected chi connectivity index (χ3v) is 8.51. The van der Waals surface area contributed by atoms with Crippen LogP contribution in [0.4, 0.5) is 0 Å². The van der Waals surface area contributed by atoms with Gasteiger partial charge in [0.25, 0.3) is 0 Å². The van der Waals surface area contributed by atoms with E-state index in [-0.39, 0.29) is 28.7 Å². The summed E-state index contributed by atoms with van der Waals surface area (Å²) in [7, 11) is 0. The zero-order valence-corrected chi connectivity index (χ0v) is 17.1. The Labute approximate surface area is 162 Å². The van der Waals surface area contributed by atoms with Crippen LogP contribution in [0.15, 0.2) is 36.0 Å². The molecule has 0 radical (unpaired) electrons. The second kappa shape index (κ2) is 6.18.